The molecule has 1 N–H and O–H groups in total. The molecule has 2 atom stereocenters. The molecule has 3 heteroatoms. The molecule has 1 aromatic carbocycles. The van der Waals surface area contributed by atoms with E-state index >= 15 is 0 Å². The van der Waals surface area contributed by atoms with Crippen molar-refractivity contribution < 1.29 is 4.79 Å². The number of hydrogen-bond donors (Lipinski definition) is 1. The smallest absolute Gasteiger partial charge is 0.227 e. The molecule has 20 heavy (non-hydrogen) atoms. The number of carbonyl (C=O) groups excluding carboxylic acids is 1. The lowest BCUT2D eigenvalue weighted by Crippen LogP contribution is -2.40. The van der Waals surface area contributed by atoms with Gasteiger partial charge in [0.15, 0.2) is 0 Å². The maximum atomic E-state index is 12.9. The number of aryl methyl sites for hydroxylation is 1. The highest BCUT2D eigenvalue weighted by atomic mass is 16.2. The van der Waals surface area contributed by atoms with Gasteiger partial charge in [0, 0.05) is 12.6 Å². The molecule has 1 saturated carbocycles. The van der Waals surface area contributed by atoms with Gasteiger partial charge in [-0.3, -0.25) is 4.79 Å². The lowest BCUT2D eigenvalue weighted by atomic mass is 10.0. The first-order valence-electron chi connectivity index (χ1n) is 7.95. The zero-order valence-corrected chi connectivity index (χ0v) is 11.8. The van der Waals surface area contributed by atoms with Gasteiger partial charge in [-0.1, -0.05) is 24.3 Å². The van der Waals surface area contributed by atoms with Crippen molar-refractivity contribution in [2.75, 3.05) is 13.1 Å². The first-order valence-corrected chi connectivity index (χ1v) is 7.95. The Bertz CT molecular complexity index is 517. The fourth-order valence-electron chi connectivity index (χ4n) is 3.84. The van der Waals surface area contributed by atoms with Crippen LogP contribution in [0.25, 0.3) is 0 Å². The third-order valence-corrected chi connectivity index (χ3v) is 5.04. The summed E-state index contributed by atoms with van der Waals surface area (Å²) in [7, 11) is 0. The van der Waals surface area contributed by atoms with E-state index in [4.69, 9.17) is 0 Å². The lowest BCUT2D eigenvalue weighted by Gasteiger charge is -2.32. The molecule has 1 heterocycles. The zero-order chi connectivity index (χ0) is 13.5. The topological polar surface area (TPSA) is 32.3 Å². The van der Waals surface area contributed by atoms with Gasteiger partial charge in [-0.25, -0.2) is 0 Å². The first-order chi connectivity index (χ1) is 9.84. The van der Waals surface area contributed by atoms with Crippen molar-refractivity contribution in [3.8, 4) is 0 Å². The lowest BCUT2D eigenvalue weighted by molar-refractivity contribution is -0.138. The van der Waals surface area contributed by atoms with E-state index in [0.717, 1.165) is 32.4 Å². The quantitative estimate of drug-likeness (QED) is 0.914. The number of carbonyl (C=O) groups is 1. The minimum atomic E-state index is 0.211. The van der Waals surface area contributed by atoms with Crippen LogP contribution >= 0.6 is 0 Å². The highest BCUT2D eigenvalue weighted by Crippen LogP contribution is 2.42. The number of benzene rings is 1. The van der Waals surface area contributed by atoms with Crippen LogP contribution in [0.15, 0.2) is 24.3 Å². The number of nitrogens with one attached hydrogen (secondary N) is 1. The molecule has 0 spiro atoms. The van der Waals surface area contributed by atoms with Gasteiger partial charge in [0.05, 0.1) is 12.0 Å². The van der Waals surface area contributed by atoms with Crippen molar-refractivity contribution in [2.24, 2.45) is 5.92 Å². The van der Waals surface area contributed by atoms with Gasteiger partial charge in [-0.15, -0.1) is 0 Å². The molecule has 2 aliphatic carbocycles. The summed E-state index contributed by atoms with van der Waals surface area (Å²) >= 11 is 0. The van der Waals surface area contributed by atoms with E-state index in [1.54, 1.807) is 0 Å². The number of rotatable bonds is 3. The standard InChI is InChI=1S/C17H22N2O/c20-17(13-9-10-18-11-13)19(14-6-7-14)16-8-5-12-3-1-2-4-15(12)16/h1-4,13-14,16,18H,5-11H2. The van der Waals surface area contributed by atoms with Crippen molar-refractivity contribution in [2.45, 2.75) is 44.2 Å². The minimum absolute atomic E-state index is 0.211. The van der Waals surface area contributed by atoms with E-state index in [1.165, 1.54) is 24.0 Å². The summed E-state index contributed by atoms with van der Waals surface area (Å²) in [5.41, 5.74) is 2.85. The summed E-state index contributed by atoms with van der Waals surface area (Å²) in [6.07, 6.45) is 5.65. The average Bonchev–Trinajstić information content (AvgIpc) is 3.01. The Kier molecular flexibility index (Phi) is 3.03. The number of hydrogen-bond acceptors (Lipinski definition) is 2. The van der Waals surface area contributed by atoms with Crippen molar-refractivity contribution in [3.05, 3.63) is 35.4 Å². The SMILES string of the molecule is O=C(C1CCNC1)N(C1CC1)C1CCc2ccccc21. The van der Waals surface area contributed by atoms with Crippen LogP contribution in [0.1, 0.15) is 42.9 Å². The van der Waals surface area contributed by atoms with E-state index in [9.17, 15) is 4.79 Å². The van der Waals surface area contributed by atoms with Gasteiger partial charge in [0.1, 0.15) is 0 Å². The Balaban J connectivity index is 1.62. The van der Waals surface area contributed by atoms with E-state index < -0.39 is 0 Å². The molecule has 4 rings (SSSR count). The zero-order valence-electron chi connectivity index (χ0n) is 11.8. The Morgan fingerprint density at radius 3 is 2.75 bits per heavy atom. The molecular weight excluding hydrogens is 248 g/mol. The molecule has 2 unspecified atom stereocenters. The van der Waals surface area contributed by atoms with Crippen LogP contribution in [0.2, 0.25) is 0 Å². The molecule has 0 aromatic heterocycles. The first kappa shape index (κ1) is 12.4. The van der Waals surface area contributed by atoms with Gasteiger partial charge >= 0.3 is 0 Å². The van der Waals surface area contributed by atoms with Gasteiger partial charge in [0.2, 0.25) is 5.91 Å². The van der Waals surface area contributed by atoms with Crippen LogP contribution in [0, 0.1) is 5.92 Å². The third-order valence-electron chi connectivity index (χ3n) is 5.04. The van der Waals surface area contributed by atoms with Crippen LogP contribution < -0.4 is 5.32 Å². The molecule has 1 saturated heterocycles. The highest BCUT2D eigenvalue weighted by Gasteiger charge is 2.42. The minimum Gasteiger partial charge on any atom is -0.332 e. The largest absolute Gasteiger partial charge is 0.332 e. The molecule has 1 aliphatic heterocycles. The van der Waals surface area contributed by atoms with Crippen LogP contribution in [-0.4, -0.2) is 29.9 Å². The number of amides is 1. The Hall–Kier alpha value is -1.35. The maximum Gasteiger partial charge on any atom is 0.227 e. The normalized spacial score (nSPS) is 28.4. The summed E-state index contributed by atoms with van der Waals surface area (Å²) in [5.74, 6) is 0.613. The predicted molar refractivity (Wildman–Crippen MR) is 78.3 cm³/mol. The molecule has 3 aliphatic rings. The second kappa shape index (κ2) is 4.88. The van der Waals surface area contributed by atoms with Crippen LogP contribution in [-0.2, 0) is 11.2 Å². The summed E-state index contributed by atoms with van der Waals surface area (Å²) < 4.78 is 0. The molecule has 1 amide bonds. The fourth-order valence-corrected chi connectivity index (χ4v) is 3.84. The van der Waals surface area contributed by atoms with Crippen LogP contribution in [0.4, 0.5) is 0 Å². The van der Waals surface area contributed by atoms with Gasteiger partial charge in [-0.2, -0.15) is 0 Å². The second-order valence-electron chi connectivity index (χ2n) is 6.42. The Morgan fingerprint density at radius 2 is 2.00 bits per heavy atom. The molecule has 2 fully saturated rings. The monoisotopic (exact) mass is 270 g/mol. The van der Waals surface area contributed by atoms with E-state index in [1.807, 2.05) is 0 Å². The van der Waals surface area contributed by atoms with Crippen LogP contribution in [0.5, 0.6) is 0 Å². The summed E-state index contributed by atoms with van der Waals surface area (Å²) in [5, 5.41) is 3.33. The van der Waals surface area contributed by atoms with Crippen molar-refractivity contribution >= 4 is 5.91 Å². The van der Waals surface area contributed by atoms with Crippen molar-refractivity contribution in [1.29, 1.82) is 0 Å². The number of fused-ring (bicyclic) bond motifs is 1. The molecule has 1 aromatic rings. The summed E-state index contributed by atoms with van der Waals surface area (Å²) in [6, 6.07) is 9.53. The molecule has 106 valence electrons. The van der Waals surface area contributed by atoms with Crippen LogP contribution in [0.3, 0.4) is 0 Å². The summed E-state index contributed by atoms with van der Waals surface area (Å²) in [6.45, 7) is 1.87. The molecule has 0 bridgehead atoms. The number of nitrogens with zero attached hydrogens (tertiary/aromatic N) is 1. The Labute approximate surface area is 120 Å². The van der Waals surface area contributed by atoms with Gasteiger partial charge in [0.25, 0.3) is 0 Å². The van der Waals surface area contributed by atoms with E-state index in [-0.39, 0.29) is 5.92 Å². The van der Waals surface area contributed by atoms with Gasteiger partial charge < -0.3 is 10.2 Å². The fraction of sp³-hybridized carbons (Fsp3) is 0.588. The molecule has 0 radical (unpaired) electrons. The van der Waals surface area contributed by atoms with Crippen molar-refractivity contribution in [3.63, 3.8) is 0 Å². The van der Waals surface area contributed by atoms with Gasteiger partial charge in [-0.05, 0) is 49.8 Å². The van der Waals surface area contributed by atoms with E-state index in [2.05, 4.69) is 34.5 Å². The molecular formula is C17H22N2O. The second-order valence-corrected chi connectivity index (χ2v) is 6.42. The molecule has 3 nitrogen and oxygen atoms in total. The van der Waals surface area contributed by atoms with Crippen molar-refractivity contribution in [1.82, 2.24) is 10.2 Å². The predicted octanol–water partition coefficient (Wildman–Crippen LogP) is 2.27. The Morgan fingerprint density at radius 1 is 1.15 bits per heavy atom. The average molecular weight is 270 g/mol. The highest BCUT2D eigenvalue weighted by molar-refractivity contribution is 5.80. The van der Waals surface area contributed by atoms with E-state index in [0.29, 0.717) is 18.0 Å². The summed E-state index contributed by atoms with van der Waals surface area (Å²) in [4.78, 5) is 15.2. The maximum absolute atomic E-state index is 12.9. The third kappa shape index (κ3) is 2.05.